The van der Waals surface area contributed by atoms with Crippen LogP contribution in [0.15, 0.2) is 47.8 Å². The molecule has 20 heavy (non-hydrogen) atoms. The summed E-state index contributed by atoms with van der Waals surface area (Å²) in [5.74, 6) is 5.95. The maximum Gasteiger partial charge on any atom is 0.0355 e. The Kier molecular flexibility index (Phi) is 4.20. The van der Waals surface area contributed by atoms with Gasteiger partial charge in [-0.25, -0.2) is 0 Å². The van der Waals surface area contributed by atoms with Gasteiger partial charge in [-0.1, -0.05) is 49.2 Å². The zero-order valence-corrected chi connectivity index (χ0v) is 12.5. The second-order valence-corrected chi connectivity index (χ2v) is 6.76. The number of hydrogen-bond acceptors (Lipinski definition) is 3. The monoisotopic (exact) mass is 286 g/mol. The summed E-state index contributed by atoms with van der Waals surface area (Å²) in [6.07, 6.45) is 6.09. The largest absolute Gasteiger partial charge is 0.271 e. The number of hydrazine groups is 1. The molecule has 0 aliphatic heterocycles. The highest BCUT2D eigenvalue weighted by atomic mass is 32.1. The molecule has 1 atom stereocenters. The van der Waals surface area contributed by atoms with E-state index in [2.05, 4.69) is 53.3 Å². The Morgan fingerprint density at radius 3 is 2.45 bits per heavy atom. The molecule has 0 saturated heterocycles. The Morgan fingerprint density at radius 2 is 1.85 bits per heavy atom. The summed E-state index contributed by atoms with van der Waals surface area (Å²) in [5, 5.41) is 2.15. The van der Waals surface area contributed by atoms with Crippen LogP contribution >= 0.6 is 11.3 Å². The van der Waals surface area contributed by atoms with Crippen LogP contribution in [0.4, 0.5) is 0 Å². The number of rotatable bonds is 5. The van der Waals surface area contributed by atoms with E-state index < -0.39 is 0 Å². The van der Waals surface area contributed by atoms with Crippen LogP contribution in [0.3, 0.4) is 0 Å². The summed E-state index contributed by atoms with van der Waals surface area (Å²) >= 11 is 1.82. The van der Waals surface area contributed by atoms with E-state index in [0.717, 1.165) is 6.42 Å². The third kappa shape index (κ3) is 2.53. The van der Waals surface area contributed by atoms with E-state index in [0.29, 0.717) is 6.04 Å². The van der Waals surface area contributed by atoms with Crippen molar-refractivity contribution < 1.29 is 0 Å². The first-order chi connectivity index (χ1) is 9.85. The Balaban J connectivity index is 1.92. The van der Waals surface area contributed by atoms with Crippen molar-refractivity contribution in [2.75, 3.05) is 0 Å². The van der Waals surface area contributed by atoms with Gasteiger partial charge in [0.25, 0.3) is 0 Å². The fourth-order valence-electron chi connectivity index (χ4n) is 3.66. The summed E-state index contributed by atoms with van der Waals surface area (Å²) < 4.78 is 0. The molecule has 1 aliphatic rings. The molecule has 1 unspecified atom stereocenters. The van der Waals surface area contributed by atoms with Gasteiger partial charge >= 0.3 is 0 Å². The molecule has 3 rings (SSSR count). The highest BCUT2D eigenvalue weighted by Crippen LogP contribution is 2.44. The normalized spacial score (nSPS) is 19.1. The van der Waals surface area contributed by atoms with Crippen molar-refractivity contribution in [3.63, 3.8) is 0 Å². The van der Waals surface area contributed by atoms with Crippen LogP contribution < -0.4 is 11.3 Å². The molecule has 2 nitrogen and oxygen atoms in total. The molecule has 0 bridgehead atoms. The van der Waals surface area contributed by atoms with E-state index in [-0.39, 0.29) is 5.41 Å². The van der Waals surface area contributed by atoms with E-state index in [1.165, 1.54) is 36.1 Å². The highest BCUT2D eigenvalue weighted by molar-refractivity contribution is 7.09. The molecular formula is C17H22N2S. The minimum Gasteiger partial charge on any atom is -0.271 e. The number of nitrogens with two attached hydrogens (primary N) is 1. The fourth-order valence-corrected chi connectivity index (χ4v) is 4.41. The van der Waals surface area contributed by atoms with E-state index in [9.17, 15) is 0 Å². The van der Waals surface area contributed by atoms with Gasteiger partial charge in [0.05, 0.1) is 0 Å². The SMILES string of the molecule is NNC(Cc1cccs1)C1(c2ccccc2)CCCC1. The van der Waals surface area contributed by atoms with Crippen LogP contribution in [0.25, 0.3) is 0 Å². The average Bonchev–Trinajstić information content (AvgIpc) is 3.18. The van der Waals surface area contributed by atoms with Gasteiger partial charge in [0, 0.05) is 16.3 Å². The first kappa shape index (κ1) is 13.8. The third-order valence-corrected chi connectivity index (χ3v) is 5.60. The number of nitrogens with one attached hydrogen (secondary N) is 1. The maximum absolute atomic E-state index is 5.95. The second-order valence-electron chi connectivity index (χ2n) is 5.73. The molecule has 1 aromatic carbocycles. The molecule has 1 aliphatic carbocycles. The van der Waals surface area contributed by atoms with Crippen LogP contribution in [0.1, 0.15) is 36.1 Å². The molecule has 1 heterocycles. The van der Waals surface area contributed by atoms with E-state index >= 15 is 0 Å². The number of hydrogen-bond donors (Lipinski definition) is 2. The molecule has 2 aromatic rings. The molecule has 3 N–H and O–H groups in total. The van der Waals surface area contributed by atoms with Crippen molar-refractivity contribution in [1.82, 2.24) is 5.43 Å². The molecule has 1 saturated carbocycles. The van der Waals surface area contributed by atoms with Crippen LogP contribution in [-0.2, 0) is 11.8 Å². The Hall–Kier alpha value is -1.16. The van der Waals surface area contributed by atoms with Crippen LogP contribution in [-0.4, -0.2) is 6.04 Å². The molecule has 3 heteroatoms. The van der Waals surface area contributed by atoms with Crippen molar-refractivity contribution in [3.8, 4) is 0 Å². The number of thiophene rings is 1. The second kappa shape index (κ2) is 6.08. The molecular weight excluding hydrogens is 264 g/mol. The summed E-state index contributed by atoms with van der Waals surface area (Å²) in [4.78, 5) is 1.41. The van der Waals surface area contributed by atoms with Gasteiger partial charge in [0.15, 0.2) is 0 Å². The Bertz CT molecular complexity index is 515. The van der Waals surface area contributed by atoms with Crippen molar-refractivity contribution in [2.45, 2.75) is 43.6 Å². The van der Waals surface area contributed by atoms with Gasteiger partial charge in [-0.2, -0.15) is 0 Å². The van der Waals surface area contributed by atoms with Gasteiger partial charge < -0.3 is 0 Å². The summed E-state index contributed by atoms with van der Waals surface area (Å²) in [7, 11) is 0. The van der Waals surface area contributed by atoms with E-state index in [1.54, 1.807) is 0 Å². The van der Waals surface area contributed by atoms with Crippen LogP contribution in [0.5, 0.6) is 0 Å². The summed E-state index contributed by atoms with van der Waals surface area (Å²) in [6, 6.07) is 15.6. The first-order valence-electron chi connectivity index (χ1n) is 7.39. The van der Waals surface area contributed by atoms with Gasteiger partial charge in [0.1, 0.15) is 0 Å². The summed E-state index contributed by atoms with van der Waals surface area (Å²) in [5.41, 5.74) is 4.76. The minimum absolute atomic E-state index is 0.194. The average molecular weight is 286 g/mol. The Morgan fingerprint density at radius 1 is 1.10 bits per heavy atom. The van der Waals surface area contributed by atoms with Crippen molar-refractivity contribution >= 4 is 11.3 Å². The minimum atomic E-state index is 0.194. The lowest BCUT2D eigenvalue weighted by atomic mass is 9.71. The molecule has 1 aromatic heterocycles. The molecule has 1 fully saturated rings. The predicted molar refractivity (Wildman–Crippen MR) is 85.7 cm³/mol. The quantitative estimate of drug-likeness (QED) is 0.650. The zero-order chi connectivity index (χ0) is 13.8. The number of benzene rings is 1. The lowest BCUT2D eigenvalue weighted by Gasteiger charge is -2.38. The third-order valence-electron chi connectivity index (χ3n) is 4.70. The van der Waals surface area contributed by atoms with Gasteiger partial charge in [0.2, 0.25) is 0 Å². The lowest BCUT2D eigenvalue weighted by Crippen LogP contribution is -2.51. The van der Waals surface area contributed by atoms with Gasteiger partial charge in [-0.3, -0.25) is 11.3 Å². The zero-order valence-electron chi connectivity index (χ0n) is 11.7. The maximum atomic E-state index is 5.95. The van der Waals surface area contributed by atoms with E-state index in [4.69, 9.17) is 5.84 Å². The van der Waals surface area contributed by atoms with Crippen molar-refractivity contribution in [1.29, 1.82) is 0 Å². The predicted octanol–water partition coefficient (Wildman–Crippen LogP) is 3.63. The van der Waals surface area contributed by atoms with Crippen molar-refractivity contribution in [3.05, 3.63) is 58.3 Å². The summed E-state index contributed by atoms with van der Waals surface area (Å²) in [6.45, 7) is 0. The van der Waals surface area contributed by atoms with Gasteiger partial charge in [-0.15, -0.1) is 11.3 Å². The smallest absolute Gasteiger partial charge is 0.0355 e. The van der Waals surface area contributed by atoms with E-state index in [1.807, 2.05) is 11.3 Å². The lowest BCUT2D eigenvalue weighted by molar-refractivity contribution is 0.297. The van der Waals surface area contributed by atoms with Crippen molar-refractivity contribution in [2.24, 2.45) is 5.84 Å². The first-order valence-corrected chi connectivity index (χ1v) is 8.27. The molecule has 0 amide bonds. The fraction of sp³-hybridized carbons (Fsp3) is 0.412. The molecule has 0 radical (unpaired) electrons. The highest BCUT2D eigenvalue weighted by Gasteiger charge is 2.42. The van der Waals surface area contributed by atoms with Crippen LogP contribution in [0.2, 0.25) is 0 Å². The molecule has 106 valence electrons. The Labute approximate surface area is 125 Å². The topological polar surface area (TPSA) is 38.0 Å². The van der Waals surface area contributed by atoms with Gasteiger partial charge in [-0.05, 0) is 36.3 Å². The van der Waals surface area contributed by atoms with Crippen LogP contribution in [0, 0.1) is 0 Å². The molecule has 0 spiro atoms. The standard InChI is InChI=1S/C17H22N2S/c18-19-16(13-15-9-6-12-20-15)17(10-4-5-11-17)14-7-2-1-3-8-14/h1-3,6-9,12,16,19H,4-5,10-11,13,18H2.